The van der Waals surface area contributed by atoms with Crippen LogP contribution < -0.4 is 0 Å². The summed E-state index contributed by atoms with van der Waals surface area (Å²) >= 11 is 0. The van der Waals surface area contributed by atoms with Crippen LogP contribution in [0.5, 0.6) is 0 Å². The van der Waals surface area contributed by atoms with E-state index in [1.165, 1.54) is 4.90 Å². The molecule has 1 amide bonds. The van der Waals surface area contributed by atoms with Crippen LogP contribution in [-0.4, -0.2) is 55.5 Å². The molecule has 2 atom stereocenters. The van der Waals surface area contributed by atoms with Gasteiger partial charge in [-0.1, -0.05) is 0 Å². The van der Waals surface area contributed by atoms with Crippen molar-refractivity contribution in [3.63, 3.8) is 0 Å². The van der Waals surface area contributed by atoms with E-state index in [4.69, 9.17) is 5.11 Å². The van der Waals surface area contributed by atoms with Crippen molar-refractivity contribution in [2.24, 2.45) is 5.92 Å². The molecule has 1 N–H and O–H groups in total. The zero-order valence-corrected chi connectivity index (χ0v) is 9.83. The van der Waals surface area contributed by atoms with Crippen molar-refractivity contribution in [2.45, 2.75) is 19.4 Å². The van der Waals surface area contributed by atoms with Gasteiger partial charge in [-0.25, -0.2) is 8.42 Å². The monoisotopic (exact) mass is 235 g/mol. The number of hydrogen-bond donors (Lipinski definition) is 1. The van der Waals surface area contributed by atoms with Crippen molar-refractivity contribution in [1.82, 2.24) is 4.90 Å². The van der Waals surface area contributed by atoms with Crippen LogP contribution in [0, 0.1) is 5.92 Å². The number of nitrogens with zero attached hydrogens (tertiary/aromatic N) is 1. The van der Waals surface area contributed by atoms with E-state index in [9.17, 15) is 13.2 Å². The molecule has 0 saturated carbocycles. The molecule has 1 heterocycles. The Bertz CT molecular complexity index is 336. The van der Waals surface area contributed by atoms with Gasteiger partial charge in [0.2, 0.25) is 5.91 Å². The van der Waals surface area contributed by atoms with E-state index in [-0.39, 0.29) is 24.0 Å². The minimum Gasteiger partial charge on any atom is -0.392 e. The molecule has 5 nitrogen and oxygen atoms in total. The highest BCUT2D eigenvalue weighted by atomic mass is 32.2. The van der Waals surface area contributed by atoms with Gasteiger partial charge in [-0.15, -0.1) is 0 Å². The van der Waals surface area contributed by atoms with Gasteiger partial charge >= 0.3 is 0 Å². The van der Waals surface area contributed by atoms with Gasteiger partial charge in [-0.05, 0) is 13.3 Å². The van der Waals surface area contributed by atoms with E-state index >= 15 is 0 Å². The zero-order chi connectivity index (χ0) is 11.6. The molecule has 1 rings (SSSR count). The van der Waals surface area contributed by atoms with Crippen molar-refractivity contribution in [2.75, 3.05) is 25.1 Å². The molecule has 0 aromatic rings. The number of likely N-dealkylation sites (N-methyl/N-ethyl adjacent to an activating group) is 1. The van der Waals surface area contributed by atoms with E-state index in [0.717, 1.165) is 0 Å². The highest BCUT2D eigenvalue weighted by Gasteiger charge is 2.34. The summed E-state index contributed by atoms with van der Waals surface area (Å²) in [5, 5.41) is 9.11. The van der Waals surface area contributed by atoms with E-state index in [2.05, 4.69) is 0 Å². The van der Waals surface area contributed by atoms with Gasteiger partial charge in [0, 0.05) is 13.6 Å². The quantitative estimate of drug-likeness (QED) is 0.699. The Morgan fingerprint density at radius 3 is 2.60 bits per heavy atom. The van der Waals surface area contributed by atoms with E-state index in [1.54, 1.807) is 14.0 Å². The Morgan fingerprint density at radius 1 is 1.60 bits per heavy atom. The van der Waals surface area contributed by atoms with Crippen molar-refractivity contribution in [3.05, 3.63) is 0 Å². The highest BCUT2D eigenvalue weighted by molar-refractivity contribution is 7.91. The SMILES string of the molecule is CC(O)CN(C)C(=O)C1CCS(=O)(=O)C1. The summed E-state index contributed by atoms with van der Waals surface area (Å²) in [5.41, 5.74) is 0. The van der Waals surface area contributed by atoms with Gasteiger partial charge in [0.15, 0.2) is 9.84 Å². The predicted octanol–water partition coefficient (Wildman–Crippen LogP) is -0.740. The lowest BCUT2D eigenvalue weighted by atomic mass is 10.1. The smallest absolute Gasteiger partial charge is 0.226 e. The first kappa shape index (κ1) is 12.4. The van der Waals surface area contributed by atoms with Crippen LogP contribution in [0.15, 0.2) is 0 Å². The molecule has 2 unspecified atom stereocenters. The molecule has 0 aromatic carbocycles. The number of hydrogen-bond acceptors (Lipinski definition) is 4. The van der Waals surface area contributed by atoms with Gasteiger partial charge in [-0.3, -0.25) is 4.79 Å². The average Bonchev–Trinajstić information content (AvgIpc) is 2.43. The lowest BCUT2D eigenvalue weighted by Crippen LogP contribution is -2.37. The molecule has 88 valence electrons. The number of sulfone groups is 1. The predicted molar refractivity (Wildman–Crippen MR) is 56.1 cm³/mol. The second-order valence-corrected chi connectivity index (χ2v) is 6.40. The second-order valence-electron chi connectivity index (χ2n) is 4.17. The van der Waals surface area contributed by atoms with Crippen molar-refractivity contribution in [3.8, 4) is 0 Å². The first-order chi connectivity index (χ1) is 6.82. The molecule has 15 heavy (non-hydrogen) atoms. The standard InChI is InChI=1S/C9H17NO4S/c1-7(11)5-10(2)9(12)8-3-4-15(13,14)6-8/h7-8,11H,3-6H2,1-2H3. The largest absolute Gasteiger partial charge is 0.392 e. The van der Waals surface area contributed by atoms with Crippen LogP contribution in [0.2, 0.25) is 0 Å². The number of carbonyl (C=O) groups excluding carboxylic acids is 1. The molecule has 0 spiro atoms. The highest BCUT2D eigenvalue weighted by Crippen LogP contribution is 2.20. The summed E-state index contributed by atoms with van der Waals surface area (Å²) < 4.78 is 22.3. The maximum absolute atomic E-state index is 11.7. The fourth-order valence-electron chi connectivity index (χ4n) is 1.79. The third-order valence-electron chi connectivity index (χ3n) is 2.50. The summed E-state index contributed by atoms with van der Waals surface area (Å²) in [6.07, 6.45) is -0.178. The van der Waals surface area contributed by atoms with E-state index in [0.29, 0.717) is 6.42 Å². The second kappa shape index (κ2) is 4.49. The maximum atomic E-state index is 11.7. The lowest BCUT2D eigenvalue weighted by molar-refractivity contribution is -0.134. The Hall–Kier alpha value is -0.620. The summed E-state index contributed by atoms with van der Waals surface area (Å²) in [5.74, 6) is -0.544. The van der Waals surface area contributed by atoms with Crippen molar-refractivity contribution >= 4 is 15.7 Å². The normalized spacial score (nSPS) is 26.2. The summed E-state index contributed by atoms with van der Waals surface area (Å²) in [6.45, 7) is 1.84. The number of rotatable bonds is 3. The Balaban J connectivity index is 2.55. The Kier molecular flexibility index (Phi) is 3.72. The topological polar surface area (TPSA) is 74.7 Å². The van der Waals surface area contributed by atoms with Gasteiger partial charge in [0.05, 0.1) is 23.5 Å². The molecule has 1 fully saturated rings. The third kappa shape index (κ3) is 3.46. The van der Waals surface area contributed by atoms with Crippen LogP contribution in [0.1, 0.15) is 13.3 Å². The lowest BCUT2D eigenvalue weighted by Gasteiger charge is -2.21. The number of carbonyl (C=O) groups is 1. The van der Waals surface area contributed by atoms with Crippen LogP contribution in [-0.2, 0) is 14.6 Å². The molecule has 1 saturated heterocycles. The maximum Gasteiger partial charge on any atom is 0.226 e. The molecule has 0 aliphatic carbocycles. The van der Waals surface area contributed by atoms with Crippen LogP contribution in [0.4, 0.5) is 0 Å². The van der Waals surface area contributed by atoms with Gasteiger partial charge in [0.25, 0.3) is 0 Å². The minimum absolute atomic E-state index is 0.0457. The van der Waals surface area contributed by atoms with Crippen LogP contribution >= 0.6 is 0 Å². The first-order valence-corrected chi connectivity index (χ1v) is 6.77. The van der Waals surface area contributed by atoms with Crippen molar-refractivity contribution < 1.29 is 18.3 Å². The number of amides is 1. The molecule has 0 radical (unpaired) electrons. The Morgan fingerprint density at radius 2 is 2.20 bits per heavy atom. The summed E-state index contributed by atoms with van der Waals surface area (Å²) in [6, 6.07) is 0. The van der Waals surface area contributed by atoms with E-state index < -0.39 is 21.9 Å². The molecule has 1 aliphatic rings. The summed E-state index contributed by atoms with van der Waals surface area (Å²) in [7, 11) is -1.43. The van der Waals surface area contributed by atoms with Crippen LogP contribution in [0.25, 0.3) is 0 Å². The number of aliphatic hydroxyl groups is 1. The molecular formula is C9H17NO4S. The number of aliphatic hydroxyl groups excluding tert-OH is 1. The fourth-order valence-corrected chi connectivity index (χ4v) is 3.52. The van der Waals surface area contributed by atoms with Crippen molar-refractivity contribution in [1.29, 1.82) is 0 Å². The van der Waals surface area contributed by atoms with E-state index in [1.807, 2.05) is 0 Å². The molecule has 0 aromatic heterocycles. The average molecular weight is 235 g/mol. The third-order valence-corrected chi connectivity index (χ3v) is 4.26. The zero-order valence-electron chi connectivity index (χ0n) is 9.01. The summed E-state index contributed by atoms with van der Waals surface area (Å²) in [4.78, 5) is 13.1. The van der Waals surface area contributed by atoms with Crippen LogP contribution in [0.3, 0.4) is 0 Å². The fraction of sp³-hybridized carbons (Fsp3) is 0.889. The van der Waals surface area contributed by atoms with Gasteiger partial charge in [-0.2, -0.15) is 0 Å². The Labute approximate surface area is 90.0 Å². The minimum atomic E-state index is -3.01. The van der Waals surface area contributed by atoms with Gasteiger partial charge < -0.3 is 10.0 Å². The molecule has 0 bridgehead atoms. The molecule has 1 aliphatic heterocycles. The molecular weight excluding hydrogens is 218 g/mol. The first-order valence-electron chi connectivity index (χ1n) is 4.95. The van der Waals surface area contributed by atoms with Gasteiger partial charge in [0.1, 0.15) is 0 Å². The molecule has 6 heteroatoms.